The molecule has 1 aliphatic carbocycles. The van der Waals surface area contributed by atoms with Crippen molar-refractivity contribution in [3.8, 4) is 0 Å². The zero-order chi connectivity index (χ0) is 13.8. The van der Waals surface area contributed by atoms with Gasteiger partial charge in [-0.25, -0.2) is 0 Å². The van der Waals surface area contributed by atoms with Crippen LogP contribution in [0.2, 0.25) is 0 Å². The van der Waals surface area contributed by atoms with E-state index >= 15 is 0 Å². The van der Waals surface area contributed by atoms with Gasteiger partial charge in [0.15, 0.2) is 0 Å². The molecule has 0 aromatic heterocycles. The highest BCUT2D eigenvalue weighted by Gasteiger charge is 2.30. The van der Waals surface area contributed by atoms with Crippen LogP contribution in [0.25, 0.3) is 0 Å². The number of carbonyl (C=O) groups is 1. The van der Waals surface area contributed by atoms with E-state index in [2.05, 4.69) is 4.72 Å². The van der Waals surface area contributed by atoms with Gasteiger partial charge in [0.1, 0.15) is 6.04 Å². The van der Waals surface area contributed by atoms with Crippen molar-refractivity contribution in [3.63, 3.8) is 0 Å². The molecule has 1 atom stereocenters. The molecule has 0 saturated heterocycles. The Balaban J connectivity index is 2.69. The lowest BCUT2D eigenvalue weighted by molar-refractivity contribution is -0.139. The molecule has 1 aliphatic rings. The van der Waals surface area contributed by atoms with Gasteiger partial charge in [-0.15, -0.1) is 0 Å². The van der Waals surface area contributed by atoms with Crippen LogP contribution < -0.4 is 4.72 Å². The third-order valence-electron chi connectivity index (χ3n) is 3.47. The topological polar surface area (TPSA) is 86.7 Å². The highest BCUT2D eigenvalue weighted by Crippen LogP contribution is 2.23. The largest absolute Gasteiger partial charge is 0.480 e. The summed E-state index contributed by atoms with van der Waals surface area (Å²) in [7, 11) is -2.19. The second kappa shape index (κ2) is 6.49. The Morgan fingerprint density at radius 1 is 1.39 bits per heavy atom. The van der Waals surface area contributed by atoms with Gasteiger partial charge >= 0.3 is 5.97 Å². The van der Waals surface area contributed by atoms with E-state index in [1.165, 1.54) is 11.4 Å². The number of carboxylic acid groups (broad SMARTS) is 1. The molecule has 106 valence electrons. The maximum atomic E-state index is 12.1. The first kappa shape index (κ1) is 15.4. The second-order valence-corrected chi connectivity index (χ2v) is 6.49. The first-order valence-electron chi connectivity index (χ1n) is 6.36. The van der Waals surface area contributed by atoms with Crippen molar-refractivity contribution in [1.29, 1.82) is 0 Å². The van der Waals surface area contributed by atoms with Crippen LogP contribution in [-0.4, -0.2) is 42.9 Å². The molecule has 1 unspecified atom stereocenters. The van der Waals surface area contributed by atoms with E-state index in [0.717, 1.165) is 32.1 Å². The van der Waals surface area contributed by atoms with Crippen LogP contribution in [0.5, 0.6) is 0 Å². The van der Waals surface area contributed by atoms with Crippen molar-refractivity contribution >= 4 is 16.2 Å². The maximum Gasteiger partial charge on any atom is 0.321 e. The van der Waals surface area contributed by atoms with Gasteiger partial charge in [-0.05, 0) is 19.3 Å². The Labute approximate surface area is 109 Å². The molecular weight excluding hydrogens is 256 g/mol. The number of nitrogens with zero attached hydrogens (tertiary/aromatic N) is 1. The maximum absolute atomic E-state index is 12.1. The predicted octanol–water partition coefficient (Wildman–Crippen LogP) is 0.948. The highest BCUT2D eigenvalue weighted by atomic mass is 32.2. The summed E-state index contributed by atoms with van der Waals surface area (Å²) < 4.78 is 27.6. The lowest BCUT2D eigenvalue weighted by atomic mass is 9.96. The molecule has 0 bridgehead atoms. The summed E-state index contributed by atoms with van der Waals surface area (Å²) in [6.45, 7) is 1.64. The number of rotatable bonds is 6. The van der Waals surface area contributed by atoms with Crippen LogP contribution in [0, 0.1) is 0 Å². The van der Waals surface area contributed by atoms with Crippen molar-refractivity contribution in [2.75, 3.05) is 7.05 Å². The predicted molar refractivity (Wildman–Crippen MR) is 68.4 cm³/mol. The molecule has 1 rings (SSSR count). The average molecular weight is 278 g/mol. The smallest absolute Gasteiger partial charge is 0.321 e. The van der Waals surface area contributed by atoms with Crippen LogP contribution in [0.3, 0.4) is 0 Å². The summed E-state index contributed by atoms with van der Waals surface area (Å²) in [4.78, 5) is 10.9. The summed E-state index contributed by atoms with van der Waals surface area (Å²) in [5.74, 6) is -1.14. The Morgan fingerprint density at radius 3 is 2.39 bits per heavy atom. The molecule has 1 saturated carbocycles. The first-order valence-corrected chi connectivity index (χ1v) is 7.80. The first-order chi connectivity index (χ1) is 8.38. The van der Waals surface area contributed by atoms with Crippen molar-refractivity contribution < 1.29 is 18.3 Å². The van der Waals surface area contributed by atoms with Gasteiger partial charge in [0, 0.05) is 13.1 Å². The standard InChI is InChI=1S/C11H22N2O4S/c1-3-10(11(14)15)12-18(16,17)13(2)9-7-5-4-6-8-9/h9-10,12H,3-8H2,1-2H3,(H,14,15). The molecule has 0 aromatic carbocycles. The summed E-state index contributed by atoms with van der Waals surface area (Å²) in [5, 5.41) is 8.88. The fraction of sp³-hybridized carbons (Fsp3) is 0.909. The quantitative estimate of drug-likeness (QED) is 0.757. The van der Waals surface area contributed by atoms with E-state index in [-0.39, 0.29) is 12.5 Å². The van der Waals surface area contributed by atoms with Crippen molar-refractivity contribution in [1.82, 2.24) is 9.03 Å². The van der Waals surface area contributed by atoms with Crippen LogP contribution in [0.4, 0.5) is 0 Å². The monoisotopic (exact) mass is 278 g/mol. The molecule has 0 aliphatic heterocycles. The Bertz CT molecular complexity index is 377. The van der Waals surface area contributed by atoms with Gasteiger partial charge in [-0.2, -0.15) is 17.4 Å². The van der Waals surface area contributed by atoms with Gasteiger partial charge in [0.2, 0.25) is 0 Å². The Morgan fingerprint density at radius 2 is 1.94 bits per heavy atom. The number of aliphatic carboxylic acids is 1. The third-order valence-corrected chi connectivity index (χ3v) is 5.10. The molecule has 1 fully saturated rings. The van der Waals surface area contributed by atoms with Gasteiger partial charge < -0.3 is 5.11 Å². The van der Waals surface area contributed by atoms with Crippen molar-refractivity contribution in [2.45, 2.75) is 57.5 Å². The Hall–Kier alpha value is -0.660. The summed E-state index contributed by atoms with van der Waals surface area (Å²) in [6.07, 6.45) is 5.13. The van der Waals surface area contributed by atoms with Gasteiger partial charge in [-0.3, -0.25) is 4.79 Å². The molecule has 0 amide bonds. The second-order valence-electron chi connectivity index (χ2n) is 4.73. The lowest BCUT2D eigenvalue weighted by Gasteiger charge is -2.31. The van der Waals surface area contributed by atoms with Crippen molar-refractivity contribution in [2.24, 2.45) is 0 Å². The molecule has 18 heavy (non-hydrogen) atoms. The minimum atomic E-state index is -3.71. The van der Waals surface area contributed by atoms with Crippen LogP contribution in [0.15, 0.2) is 0 Å². The third kappa shape index (κ3) is 3.93. The zero-order valence-corrected chi connectivity index (χ0v) is 11.7. The summed E-state index contributed by atoms with van der Waals surface area (Å²) in [6, 6.07) is -1.07. The number of hydrogen-bond acceptors (Lipinski definition) is 3. The van der Waals surface area contributed by atoms with Crippen LogP contribution in [-0.2, 0) is 15.0 Å². The van der Waals surface area contributed by atoms with E-state index < -0.39 is 22.2 Å². The molecule has 7 heteroatoms. The zero-order valence-electron chi connectivity index (χ0n) is 10.9. The molecule has 0 heterocycles. The summed E-state index contributed by atoms with van der Waals surface area (Å²) >= 11 is 0. The fourth-order valence-electron chi connectivity index (χ4n) is 2.21. The highest BCUT2D eigenvalue weighted by molar-refractivity contribution is 7.87. The SMILES string of the molecule is CCC(NS(=O)(=O)N(C)C1CCCCC1)C(=O)O. The van der Waals surface area contributed by atoms with Crippen molar-refractivity contribution in [3.05, 3.63) is 0 Å². The van der Waals surface area contributed by atoms with Gasteiger partial charge in [-0.1, -0.05) is 26.2 Å². The molecule has 2 N–H and O–H groups in total. The lowest BCUT2D eigenvalue weighted by Crippen LogP contribution is -2.50. The molecular formula is C11H22N2O4S. The molecule has 0 spiro atoms. The van der Waals surface area contributed by atoms with Gasteiger partial charge in [0.25, 0.3) is 10.2 Å². The van der Waals surface area contributed by atoms with E-state index in [9.17, 15) is 13.2 Å². The van der Waals surface area contributed by atoms with E-state index in [1.807, 2.05) is 0 Å². The van der Waals surface area contributed by atoms with E-state index in [0.29, 0.717) is 0 Å². The minimum absolute atomic E-state index is 0.0115. The number of carboxylic acids is 1. The Kier molecular flexibility index (Phi) is 5.55. The fourth-order valence-corrected chi connectivity index (χ4v) is 3.61. The summed E-state index contributed by atoms with van der Waals surface area (Å²) in [5.41, 5.74) is 0. The minimum Gasteiger partial charge on any atom is -0.480 e. The van der Waals surface area contributed by atoms with E-state index in [4.69, 9.17) is 5.11 Å². The molecule has 0 aromatic rings. The molecule has 0 radical (unpaired) electrons. The van der Waals surface area contributed by atoms with Gasteiger partial charge in [0.05, 0.1) is 0 Å². The average Bonchev–Trinajstić information content (AvgIpc) is 2.35. The normalized spacial score (nSPS) is 19.9. The van der Waals surface area contributed by atoms with Crippen LogP contribution >= 0.6 is 0 Å². The number of hydrogen-bond donors (Lipinski definition) is 2. The molecule has 6 nitrogen and oxygen atoms in total. The number of nitrogens with one attached hydrogen (secondary N) is 1. The van der Waals surface area contributed by atoms with Crippen LogP contribution in [0.1, 0.15) is 45.4 Å². The van der Waals surface area contributed by atoms with E-state index in [1.54, 1.807) is 6.92 Å².